The third kappa shape index (κ3) is 4.49. The summed E-state index contributed by atoms with van der Waals surface area (Å²) in [4.78, 5) is 24.7. The number of rotatable bonds is 5. The van der Waals surface area contributed by atoms with Gasteiger partial charge in [0.15, 0.2) is 5.78 Å². The fourth-order valence-electron chi connectivity index (χ4n) is 2.62. The highest BCUT2D eigenvalue weighted by Crippen LogP contribution is 2.13. The van der Waals surface area contributed by atoms with Crippen LogP contribution in [0.3, 0.4) is 0 Å². The summed E-state index contributed by atoms with van der Waals surface area (Å²) >= 11 is 0. The number of hydrogen-bond acceptors (Lipinski definition) is 4. The normalized spacial score (nSPS) is 9.79. The number of ketones is 1. The van der Waals surface area contributed by atoms with Gasteiger partial charge in [-0.2, -0.15) is 10.5 Å². The van der Waals surface area contributed by atoms with Crippen LogP contribution in [-0.4, -0.2) is 11.7 Å². The number of benzene rings is 3. The Hall–Kier alpha value is -4.22. The summed E-state index contributed by atoms with van der Waals surface area (Å²) in [5.41, 5.74) is 3.42. The Morgan fingerprint density at radius 3 is 1.75 bits per heavy atom. The van der Waals surface area contributed by atoms with Crippen LogP contribution in [0.4, 0.5) is 5.69 Å². The minimum atomic E-state index is -0.296. The van der Waals surface area contributed by atoms with Crippen LogP contribution in [0.1, 0.15) is 37.4 Å². The Labute approximate surface area is 162 Å². The van der Waals surface area contributed by atoms with Gasteiger partial charge in [0.05, 0.1) is 23.3 Å². The molecule has 0 bridgehead atoms. The number of carbonyl (C=O) groups is 2. The van der Waals surface area contributed by atoms with Crippen molar-refractivity contribution >= 4 is 17.4 Å². The number of hydrogen-bond donors (Lipinski definition) is 1. The summed E-state index contributed by atoms with van der Waals surface area (Å²) in [6.45, 7) is 0. The van der Waals surface area contributed by atoms with Gasteiger partial charge in [-0.3, -0.25) is 9.59 Å². The summed E-state index contributed by atoms with van der Waals surface area (Å²) in [6, 6.07) is 24.0. The molecule has 5 heteroatoms. The van der Waals surface area contributed by atoms with Crippen molar-refractivity contribution in [3.63, 3.8) is 0 Å². The second-order valence-electron chi connectivity index (χ2n) is 6.13. The van der Waals surface area contributed by atoms with E-state index in [4.69, 9.17) is 10.5 Å². The number of nitrogens with one attached hydrogen (secondary N) is 1. The lowest BCUT2D eigenvalue weighted by Crippen LogP contribution is -2.12. The van der Waals surface area contributed by atoms with E-state index in [9.17, 15) is 9.59 Å². The summed E-state index contributed by atoms with van der Waals surface area (Å²) in [6.07, 6.45) is 0.225. The fourth-order valence-corrected chi connectivity index (χ4v) is 2.62. The standard InChI is InChI=1S/C23H15N3O2/c24-14-17-3-1-16(2-4-17)13-22(27)19-7-9-20(10-8-19)23(28)26-21-11-5-18(15-25)6-12-21/h1-12H,13H2,(H,26,28). The minimum absolute atomic E-state index is 0.0660. The second kappa shape index (κ2) is 8.44. The van der Waals surface area contributed by atoms with Crippen LogP contribution in [0, 0.1) is 22.7 Å². The lowest BCUT2D eigenvalue weighted by molar-refractivity contribution is 0.0989. The molecule has 28 heavy (non-hydrogen) atoms. The van der Waals surface area contributed by atoms with Crippen LogP contribution < -0.4 is 5.32 Å². The van der Waals surface area contributed by atoms with Crippen LogP contribution in [-0.2, 0) is 6.42 Å². The van der Waals surface area contributed by atoms with Crippen LogP contribution in [0.2, 0.25) is 0 Å². The molecule has 5 nitrogen and oxygen atoms in total. The topological polar surface area (TPSA) is 93.8 Å². The van der Waals surface area contributed by atoms with E-state index in [0.717, 1.165) is 5.56 Å². The summed E-state index contributed by atoms with van der Waals surface area (Å²) in [5, 5.41) is 20.4. The number of carbonyl (C=O) groups excluding carboxylic acids is 2. The molecule has 0 unspecified atom stereocenters. The van der Waals surface area contributed by atoms with Gasteiger partial charge in [0, 0.05) is 23.2 Å². The Balaban J connectivity index is 1.64. The van der Waals surface area contributed by atoms with Crippen molar-refractivity contribution in [2.45, 2.75) is 6.42 Å². The maximum Gasteiger partial charge on any atom is 0.255 e. The van der Waals surface area contributed by atoms with Crippen molar-refractivity contribution in [1.82, 2.24) is 0 Å². The zero-order chi connectivity index (χ0) is 19.9. The van der Waals surface area contributed by atoms with Gasteiger partial charge in [-0.1, -0.05) is 24.3 Å². The average Bonchev–Trinajstić information content (AvgIpc) is 2.75. The van der Waals surface area contributed by atoms with Crippen molar-refractivity contribution in [3.05, 3.63) is 101 Å². The predicted octanol–water partition coefficient (Wildman–Crippen LogP) is 4.11. The van der Waals surface area contributed by atoms with Crippen molar-refractivity contribution in [3.8, 4) is 12.1 Å². The van der Waals surface area contributed by atoms with Crippen LogP contribution in [0.25, 0.3) is 0 Å². The Morgan fingerprint density at radius 2 is 1.21 bits per heavy atom. The monoisotopic (exact) mass is 365 g/mol. The SMILES string of the molecule is N#Cc1ccc(CC(=O)c2ccc(C(=O)Nc3ccc(C#N)cc3)cc2)cc1. The average molecular weight is 365 g/mol. The van der Waals surface area contributed by atoms with E-state index in [0.29, 0.717) is 27.9 Å². The Bertz CT molecular complexity index is 995. The van der Waals surface area contributed by atoms with Crippen molar-refractivity contribution < 1.29 is 9.59 Å². The van der Waals surface area contributed by atoms with E-state index in [1.54, 1.807) is 72.8 Å². The Kier molecular flexibility index (Phi) is 5.60. The molecule has 0 spiro atoms. The maximum absolute atomic E-state index is 12.4. The summed E-state index contributed by atoms with van der Waals surface area (Å²) < 4.78 is 0. The molecule has 0 aromatic heterocycles. The highest BCUT2D eigenvalue weighted by molar-refractivity contribution is 6.05. The zero-order valence-corrected chi connectivity index (χ0v) is 14.8. The van der Waals surface area contributed by atoms with E-state index in [2.05, 4.69) is 5.32 Å². The molecule has 0 aliphatic carbocycles. The molecule has 0 saturated carbocycles. The van der Waals surface area contributed by atoms with Crippen molar-refractivity contribution in [1.29, 1.82) is 10.5 Å². The van der Waals surface area contributed by atoms with Gasteiger partial charge in [-0.05, 0) is 54.1 Å². The molecular formula is C23H15N3O2. The van der Waals surface area contributed by atoms with Gasteiger partial charge in [0.2, 0.25) is 0 Å². The quantitative estimate of drug-likeness (QED) is 0.689. The molecule has 3 rings (SSSR count). The molecule has 0 saturated heterocycles. The third-order valence-electron chi connectivity index (χ3n) is 4.19. The molecule has 0 fully saturated rings. The lowest BCUT2D eigenvalue weighted by Gasteiger charge is -2.06. The number of anilines is 1. The van der Waals surface area contributed by atoms with Gasteiger partial charge in [0.25, 0.3) is 5.91 Å². The molecule has 1 amide bonds. The van der Waals surface area contributed by atoms with Crippen LogP contribution in [0.5, 0.6) is 0 Å². The molecule has 0 heterocycles. The largest absolute Gasteiger partial charge is 0.322 e. The number of Topliss-reactive ketones (excluding diaryl/α,β-unsaturated/α-hetero) is 1. The van der Waals surface area contributed by atoms with Gasteiger partial charge >= 0.3 is 0 Å². The molecule has 3 aromatic rings. The van der Waals surface area contributed by atoms with Crippen LogP contribution >= 0.6 is 0 Å². The lowest BCUT2D eigenvalue weighted by atomic mass is 10.0. The predicted molar refractivity (Wildman–Crippen MR) is 105 cm³/mol. The molecular weight excluding hydrogens is 350 g/mol. The van der Waals surface area contributed by atoms with E-state index in [1.165, 1.54) is 0 Å². The van der Waals surface area contributed by atoms with Gasteiger partial charge in [-0.25, -0.2) is 0 Å². The summed E-state index contributed by atoms with van der Waals surface area (Å²) in [7, 11) is 0. The first-order valence-corrected chi connectivity index (χ1v) is 8.53. The number of nitrogens with zero attached hydrogens (tertiary/aromatic N) is 2. The first-order chi connectivity index (χ1) is 13.6. The molecule has 3 aromatic carbocycles. The van der Waals surface area contributed by atoms with E-state index < -0.39 is 0 Å². The van der Waals surface area contributed by atoms with Crippen molar-refractivity contribution in [2.75, 3.05) is 5.32 Å². The van der Waals surface area contributed by atoms with E-state index in [-0.39, 0.29) is 18.1 Å². The molecule has 0 aliphatic heterocycles. The Morgan fingerprint density at radius 1 is 0.714 bits per heavy atom. The number of nitriles is 2. The highest BCUT2D eigenvalue weighted by Gasteiger charge is 2.10. The van der Waals surface area contributed by atoms with E-state index >= 15 is 0 Å². The highest BCUT2D eigenvalue weighted by atomic mass is 16.1. The second-order valence-corrected chi connectivity index (χ2v) is 6.13. The van der Waals surface area contributed by atoms with Gasteiger partial charge in [-0.15, -0.1) is 0 Å². The molecule has 0 atom stereocenters. The smallest absolute Gasteiger partial charge is 0.255 e. The first-order valence-electron chi connectivity index (χ1n) is 8.53. The van der Waals surface area contributed by atoms with Crippen molar-refractivity contribution in [2.24, 2.45) is 0 Å². The molecule has 0 aliphatic rings. The van der Waals surface area contributed by atoms with E-state index in [1.807, 2.05) is 12.1 Å². The minimum Gasteiger partial charge on any atom is -0.322 e. The molecule has 0 radical (unpaired) electrons. The van der Waals surface area contributed by atoms with Gasteiger partial charge < -0.3 is 5.32 Å². The molecule has 1 N–H and O–H groups in total. The molecule has 134 valence electrons. The fraction of sp³-hybridized carbons (Fsp3) is 0.0435. The first kappa shape index (κ1) is 18.6. The van der Waals surface area contributed by atoms with Crippen LogP contribution in [0.15, 0.2) is 72.8 Å². The zero-order valence-electron chi connectivity index (χ0n) is 14.8. The maximum atomic E-state index is 12.4. The van der Waals surface area contributed by atoms with Gasteiger partial charge in [0.1, 0.15) is 0 Å². The summed E-state index contributed by atoms with van der Waals surface area (Å²) in [5.74, 6) is -0.362. The number of amides is 1. The third-order valence-corrected chi connectivity index (χ3v) is 4.19.